The van der Waals surface area contributed by atoms with Crippen LogP contribution in [0.3, 0.4) is 0 Å². The molecule has 0 bridgehead atoms. The molecule has 2 heteroatoms. The van der Waals surface area contributed by atoms with Crippen molar-refractivity contribution < 1.29 is 0 Å². The highest BCUT2D eigenvalue weighted by atomic mass is 15.0. The fourth-order valence-electron chi connectivity index (χ4n) is 3.57. The van der Waals surface area contributed by atoms with E-state index in [0.717, 1.165) is 6.42 Å². The molecule has 2 nitrogen and oxygen atoms in total. The lowest BCUT2D eigenvalue weighted by atomic mass is 9.91. The van der Waals surface area contributed by atoms with E-state index in [1.54, 1.807) is 5.56 Å². The monoisotopic (exact) mass is 242 g/mol. The summed E-state index contributed by atoms with van der Waals surface area (Å²) in [5.41, 5.74) is 7.34. The molecule has 0 spiro atoms. The second kappa shape index (κ2) is 4.13. The van der Waals surface area contributed by atoms with Gasteiger partial charge in [0.1, 0.15) is 0 Å². The molecular formula is C16H22N2. The number of nitrogens with one attached hydrogen (secondary N) is 1. The number of rotatable bonds is 1. The van der Waals surface area contributed by atoms with Crippen molar-refractivity contribution in [2.45, 2.75) is 39.2 Å². The maximum absolute atomic E-state index is 3.43. The summed E-state index contributed by atoms with van der Waals surface area (Å²) in [6, 6.07) is 5.30. The van der Waals surface area contributed by atoms with Gasteiger partial charge in [-0.25, -0.2) is 0 Å². The molecular weight excluding hydrogens is 220 g/mol. The van der Waals surface area contributed by atoms with Crippen molar-refractivity contribution in [1.29, 1.82) is 0 Å². The minimum absolute atomic E-state index is 0.641. The predicted octanol–water partition coefficient (Wildman–Crippen LogP) is 2.87. The molecule has 0 amide bonds. The first-order chi connectivity index (χ1) is 8.61. The molecule has 0 radical (unpaired) electrons. The maximum atomic E-state index is 3.43. The summed E-state index contributed by atoms with van der Waals surface area (Å²) in [6.45, 7) is 4.43. The van der Waals surface area contributed by atoms with Gasteiger partial charge < -0.3 is 9.88 Å². The van der Waals surface area contributed by atoms with E-state index in [4.69, 9.17) is 0 Å². The van der Waals surface area contributed by atoms with Gasteiger partial charge in [0.25, 0.3) is 0 Å². The molecule has 96 valence electrons. The average molecular weight is 242 g/mol. The molecule has 0 saturated heterocycles. The van der Waals surface area contributed by atoms with E-state index in [9.17, 15) is 0 Å². The first kappa shape index (κ1) is 11.8. The van der Waals surface area contributed by atoms with E-state index < -0.39 is 0 Å². The third-order valence-corrected chi connectivity index (χ3v) is 4.45. The Hall–Kier alpha value is -1.28. The molecule has 1 atom stereocenters. The van der Waals surface area contributed by atoms with Crippen molar-refractivity contribution in [1.82, 2.24) is 9.88 Å². The molecule has 1 N–H and O–H groups in total. The molecule has 0 saturated carbocycles. The van der Waals surface area contributed by atoms with E-state index in [1.807, 2.05) is 0 Å². The van der Waals surface area contributed by atoms with Crippen LogP contribution in [0.2, 0.25) is 0 Å². The fourth-order valence-corrected chi connectivity index (χ4v) is 3.57. The zero-order valence-electron chi connectivity index (χ0n) is 11.8. The van der Waals surface area contributed by atoms with Gasteiger partial charge in [0.2, 0.25) is 0 Å². The Morgan fingerprint density at radius 2 is 2.06 bits per heavy atom. The van der Waals surface area contributed by atoms with Crippen LogP contribution in [-0.4, -0.2) is 17.7 Å². The van der Waals surface area contributed by atoms with Gasteiger partial charge in [0.15, 0.2) is 0 Å². The second-order valence-electron chi connectivity index (χ2n) is 5.69. The van der Waals surface area contributed by atoms with Crippen LogP contribution < -0.4 is 5.32 Å². The number of likely N-dealkylation sites (N-methyl/N-ethyl adjacent to an activating group) is 1. The smallest absolute Gasteiger partial charge is 0.0512 e. The van der Waals surface area contributed by atoms with E-state index >= 15 is 0 Å². The van der Waals surface area contributed by atoms with E-state index in [2.05, 4.69) is 50.0 Å². The number of benzene rings is 1. The molecule has 18 heavy (non-hydrogen) atoms. The molecule has 3 rings (SSSR count). The van der Waals surface area contributed by atoms with Crippen LogP contribution in [0.4, 0.5) is 0 Å². The molecule has 1 unspecified atom stereocenters. The van der Waals surface area contributed by atoms with E-state index in [1.165, 1.54) is 40.6 Å². The van der Waals surface area contributed by atoms with Gasteiger partial charge in [0.05, 0.1) is 5.52 Å². The number of aromatic nitrogens is 1. The van der Waals surface area contributed by atoms with Crippen LogP contribution in [0.25, 0.3) is 10.9 Å². The Bertz CT molecular complexity index is 607. The summed E-state index contributed by atoms with van der Waals surface area (Å²) in [6.07, 6.45) is 3.63. The first-order valence-corrected chi connectivity index (χ1v) is 6.86. The molecule has 1 aromatic carbocycles. The summed E-state index contributed by atoms with van der Waals surface area (Å²) >= 11 is 0. The van der Waals surface area contributed by atoms with Crippen molar-refractivity contribution in [3.63, 3.8) is 0 Å². The van der Waals surface area contributed by atoms with Crippen LogP contribution in [-0.2, 0) is 19.9 Å². The number of hydrogen-bond donors (Lipinski definition) is 1. The minimum atomic E-state index is 0.641. The van der Waals surface area contributed by atoms with Crippen LogP contribution >= 0.6 is 0 Å². The Morgan fingerprint density at radius 3 is 2.78 bits per heavy atom. The normalized spacial score (nSPS) is 19.2. The van der Waals surface area contributed by atoms with Crippen LogP contribution in [0, 0.1) is 13.8 Å². The lowest BCUT2D eigenvalue weighted by Gasteiger charge is -2.23. The van der Waals surface area contributed by atoms with Gasteiger partial charge in [-0.15, -0.1) is 0 Å². The Balaban J connectivity index is 2.27. The average Bonchev–Trinajstić information content (AvgIpc) is 2.62. The SMILES string of the molecule is CNC1CCc2c(n(C)c3c(C)cc(C)cc23)C1. The summed E-state index contributed by atoms with van der Waals surface area (Å²) in [7, 11) is 4.30. The summed E-state index contributed by atoms with van der Waals surface area (Å²) in [5.74, 6) is 0. The Morgan fingerprint density at radius 1 is 1.28 bits per heavy atom. The largest absolute Gasteiger partial charge is 0.347 e. The predicted molar refractivity (Wildman–Crippen MR) is 77.3 cm³/mol. The third-order valence-electron chi connectivity index (χ3n) is 4.45. The maximum Gasteiger partial charge on any atom is 0.0512 e. The van der Waals surface area contributed by atoms with Gasteiger partial charge in [-0.1, -0.05) is 11.6 Å². The number of aryl methyl sites for hydroxylation is 4. The van der Waals surface area contributed by atoms with Gasteiger partial charge >= 0.3 is 0 Å². The Kier molecular flexibility index (Phi) is 2.70. The number of fused-ring (bicyclic) bond motifs is 3. The molecule has 1 aromatic heterocycles. The summed E-state index contributed by atoms with van der Waals surface area (Å²) in [5, 5.41) is 4.91. The Labute approximate surface area is 109 Å². The molecule has 1 aliphatic carbocycles. The van der Waals surface area contributed by atoms with Crippen LogP contribution in [0.1, 0.15) is 28.8 Å². The highest BCUT2D eigenvalue weighted by Gasteiger charge is 2.24. The molecule has 1 heterocycles. The van der Waals surface area contributed by atoms with Gasteiger partial charge in [0, 0.05) is 30.6 Å². The van der Waals surface area contributed by atoms with Crippen molar-refractivity contribution in [2.24, 2.45) is 7.05 Å². The van der Waals surface area contributed by atoms with Crippen LogP contribution in [0.15, 0.2) is 12.1 Å². The minimum Gasteiger partial charge on any atom is -0.347 e. The molecule has 0 aliphatic heterocycles. The zero-order chi connectivity index (χ0) is 12.9. The lowest BCUT2D eigenvalue weighted by molar-refractivity contribution is 0.485. The highest BCUT2D eigenvalue weighted by molar-refractivity contribution is 5.89. The number of hydrogen-bond acceptors (Lipinski definition) is 1. The van der Waals surface area contributed by atoms with E-state index in [0.29, 0.717) is 6.04 Å². The van der Waals surface area contributed by atoms with Crippen molar-refractivity contribution in [3.8, 4) is 0 Å². The van der Waals surface area contributed by atoms with Crippen molar-refractivity contribution >= 4 is 10.9 Å². The molecule has 1 aliphatic rings. The lowest BCUT2D eigenvalue weighted by Crippen LogP contribution is -2.32. The van der Waals surface area contributed by atoms with Gasteiger partial charge in [-0.05, 0) is 50.9 Å². The van der Waals surface area contributed by atoms with Gasteiger partial charge in [-0.3, -0.25) is 0 Å². The fraction of sp³-hybridized carbons (Fsp3) is 0.500. The van der Waals surface area contributed by atoms with Crippen LogP contribution in [0.5, 0.6) is 0 Å². The zero-order valence-corrected chi connectivity index (χ0v) is 11.8. The summed E-state index contributed by atoms with van der Waals surface area (Å²) in [4.78, 5) is 0. The van der Waals surface area contributed by atoms with Crippen molar-refractivity contribution in [2.75, 3.05) is 7.05 Å². The molecule has 2 aromatic rings. The molecule has 0 fully saturated rings. The third kappa shape index (κ3) is 1.59. The van der Waals surface area contributed by atoms with Crippen molar-refractivity contribution in [3.05, 3.63) is 34.5 Å². The summed E-state index contributed by atoms with van der Waals surface area (Å²) < 4.78 is 2.42. The first-order valence-electron chi connectivity index (χ1n) is 6.86. The number of nitrogens with zero attached hydrogens (tertiary/aromatic N) is 1. The van der Waals surface area contributed by atoms with E-state index in [-0.39, 0.29) is 0 Å². The topological polar surface area (TPSA) is 17.0 Å². The standard InChI is InChI=1S/C16H22N2/c1-10-7-11(2)16-14(8-10)13-6-5-12(17-3)9-15(13)18(16)4/h7-8,12,17H,5-6,9H2,1-4H3. The van der Waals surface area contributed by atoms with Gasteiger partial charge in [-0.2, -0.15) is 0 Å². The second-order valence-corrected chi connectivity index (χ2v) is 5.69. The quantitative estimate of drug-likeness (QED) is 0.813. The highest BCUT2D eigenvalue weighted by Crippen LogP contribution is 2.33.